The summed E-state index contributed by atoms with van der Waals surface area (Å²) in [7, 11) is 0. The molecular weight excluding hydrogens is 246 g/mol. The van der Waals surface area contributed by atoms with Gasteiger partial charge in [-0.3, -0.25) is 10.1 Å². The zero-order valence-corrected chi connectivity index (χ0v) is 9.97. The van der Waals surface area contributed by atoms with Gasteiger partial charge in [-0.1, -0.05) is 35.1 Å². The van der Waals surface area contributed by atoms with E-state index in [9.17, 15) is 4.79 Å². The molecule has 0 saturated heterocycles. The Labute approximate surface area is 101 Å². The first-order valence-corrected chi connectivity index (χ1v) is 5.72. The molecule has 4 nitrogen and oxygen atoms in total. The van der Waals surface area contributed by atoms with Crippen molar-refractivity contribution in [1.82, 2.24) is 10.2 Å². The number of carbonyl (C=O) groups excluding carboxylic acids is 1. The molecule has 0 radical (unpaired) electrons. The summed E-state index contributed by atoms with van der Waals surface area (Å²) < 4.78 is 0. The lowest BCUT2D eigenvalue weighted by Gasteiger charge is -2.02. The van der Waals surface area contributed by atoms with Crippen LogP contribution in [0.25, 0.3) is 0 Å². The van der Waals surface area contributed by atoms with Crippen molar-refractivity contribution in [3.63, 3.8) is 0 Å². The summed E-state index contributed by atoms with van der Waals surface area (Å²) in [5.41, 5.74) is 0.428. The van der Waals surface area contributed by atoms with Crippen LogP contribution >= 0.6 is 22.9 Å². The van der Waals surface area contributed by atoms with E-state index in [4.69, 9.17) is 11.6 Å². The monoisotopic (exact) mass is 253 g/mol. The molecule has 0 aliphatic rings. The van der Waals surface area contributed by atoms with E-state index in [0.717, 1.165) is 5.01 Å². The summed E-state index contributed by atoms with van der Waals surface area (Å²) in [6.45, 7) is 1.82. The molecule has 0 saturated carbocycles. The minimum absolute atomic E-state index is 0.276. The van der Waals surface area contributed by atoms with Crippen molar-refractivity contribution in [2.45, 2.75) is 6.92 Å². The van der Waals surface area contributed by atoms with Crippen LogP contribution in [0.5, 0.6) is 0 Å². The third kappa shape index (κ3) is 2.37. The van der Waals surface area contributed by atoms with E-state index in [-0.39, 0.29) is 5.91 Å². The lowest BCUT2D eigenvalue weighted by Crippen LogP contribution is -2.12. The van der Waals surface area contributed by atoms with Crippen LogP contribution in [0.2, 0.25) is 5.02 Å². The lowest BCUT2D eigenvalue weighted by atomic mass is 10.2. The third-order valence-corrected chi connectivity index (χ3v) is 2.95. The molecule has 2 aromatic rings. The Balaban J connectivity index is 2.18. The number of amides is 1. The molecule has 82 valence electrons. The predicted molar refractivity (Wildman–Crippen MR) is 64.1 cm³/mol. The second-order valence-electron chi connectivity index (χ2n) is 3.06. The molecule has 0 bridgehead atoms. The first-order valence-electron chi connectivity index (χ1n) is 4.53. The van der Waals surface area contributed by atoms with Crippen LogP contribution < -0.4 is 5.32 Å². The SMILES string of the molecule is Cc1nnc(NC(=O)c2ccccc2Cl)s1. The van der Waals surface area contributed by atoms with Crippen molar-refractivity contribution >= 4 is 34.0 Å². The maximum atomic E-state index is 11.8. The van der Waals surface area contributed by atoms with E-state index in [2.05, 4.69) is 15.5 Å². The Morgan fingerprint density at radius 3 is 2.75 bits per heavy atom. The molecule has 16 heavy (non-hydrogen) atoms. The summed E-state index contributed by atoms with van der Waals surface area (Å²) in [5.74, 6) is -0.276. The van der Waals surface area contributed by atoms with Gasteiger partial charge in [0.2, 0.25) is 5.13 Å². The van der Waals surface area contributed by atoms with Crippen LogP contribution in [0.4, 0.5) is 5.13 Å². The van der Waals surface area contributed by atoms with Crippen molar-refractivity contribution in [2.75, 3.05) is 5.32 Å². The van der Waals surface area contributed by atoms with Crippen LogP contribution in [0.15, 0.2) is 24.3 Å². The average molecular weight is 254 g/mol. The van der Waals surface area contributed by atoms with E-state index in [1.165, 1.54) is 11.3 Å². The number of carbonyl (C=O) groups is 1. The summed E-state index contributed by atoms with van der Waals surface area (Å²) in [4.78, 5) is 11.8. The summed E-state index contributed by atoms with van der Waals surface area (Å²) in [5, 5.41) is 11.9. The molecule has 1 amide bonds. The highest BCUT2D eigenvalue weighted by Gasteiger charge is 2.11. The molecule has 0 fully saturated rings. The van der Waals surface area contributed by atoms with Gasteiger partial charge in [0.25, 0.3) is 5.91 Å². The van der Waals surface area contributed by atoms with E-state index in [0.29, 0.717) is 15.7 Å². The van der Waals surface area contributed by atoms with Gasteiger partial charge in [-0.2, -0.15) is 0 Å². The van der Waals surface area contributed by atoms with Crippen molar-refractivity contribution < 1.29 is 4.79 Å². The van der Waals surface area contributed by atoms with Gasteiger partial charge >= 0.3 is 0 Å². The number of nitrogens with one attached hydrogen (secondary N) is 1. The Morgan fingerprint density at radius 1 is 1.38 bits per heavy atom. The number of anilines is 1. The van der Waals surface area contributed by atoms with E-state index >= 15 is 0 Å². The fourth-order valence-corrected chi connectivity index (χ4v) is 1.97. The van der Waals surface area contributed by atoms with Crippen molar-refractivity contribution in [1.29, 1.82) is 0 Å². The summed E-state index contributed by atoms with van der Waals surface area (Å²) in [6, 6.07) is 6.85. The number of hydrogen-bond donors (Lipinski definition) is 1. The second kappa shape index (κ2) is 4.59. The van der Waals surface area contributed by atoms with Crippen molar-refractivity contribution in [3.05, 3.63) is 39.9 Å². The minimum atomic E-state index is -0.276. The van der Waals surface area contributed by atoms with Gasteiger partial charge in [-0.15, -0.1) is 10.2 Å². The highest BCUT2D eigenvalue weighted by Crippen LogP contribution is 2.18. The normalized spacial score (nSPS) is 10.1. The van der Waals surface area contributed by atoms with Crippen LogP contribution in [0.3, 0.4) is 0 Å². The maximum Gasteiger partial charge on any atom is 0.259 e. The minimum Gasteiger partial charge on any atom is -0.296 e. The molecule has 1 heterocycles. The Morgan fingerprint density at radius 2 is 2.12 bits per heavy atom. The van der Waals surface area contributed by atoms with Gasteiger partial charge < -0.3 is 0 Å². The summed E-state index contributed by atoms with van der Waals surface area (Å²) >= 11 is 7.22. The largest absolute Gasteiger partial charge is 0.296 e. The van der Waals surface area contributed by atoms with Gasteiger partial charge in [0, 0.05) is 0 Å². The van der Waals surface area contributed by atoms with Crippen LogP contribution in [0.1, 0.15) is 15.4 Å². The molecule has 0 aliphatic heterocycles. The summed E-state index contributed by atoms with van der Waals surface area (Å²) in [6.07, 6.45) is 0. The Bertz CT molecular complexity index is 526. The fourth-order valence-electron chi connectivity index (χ4n) is 1.16. The maximum absolute atomic E-state index is 11.8. The van der Waals surface area contributed by atoms with Gasteiger partial charge in [0.1, 0.15) is 5.01 Å². The number of rotatable bonds is 2. The zero-order valence-electron chi connectivity index (χ0n) is 8.40. The van der Waals surface area contributed by atoms with Crippen molar-refractivity contribution in [2.24, 2.45) is 0 Å². The zero-order chi connectivity index (χ0) is 11.5. The fraction of sp³-hybridized carbons (Fsp3) is 0.100. The smallest absolute Gasteiger partial charge is 0.259 e. The van der Waals surface area contributed by atoms with Crippen molar-refractivity contribution in [3.8, 4) is 0 Å². The second-order valence-corrected chi connectivity index (χ2v) is 4.65. The van der Waals surface area contributed by atoms with Gasteiger partial charge in [0.15, 0.2) is 0 Å². The number of hydrogen-bond acceptors (Lipinski definition) is 4. The molecule has 0 aliphatic carbocycles. The van der Waals surface area contributed by atoms with Crippen LogP contribution in [-0.4, -0.2) is 16.1 Å². The molecule has 1 aromatic carbocycles. The number of benzene rings is 1. The molecule has 0 atom stereocenters. The van der Waals surface area contributed by atoms with Gasteiger partial charge in [-0.05, 0) is 19.1 Å². The van der Waals surface area contributed by atoms with Gasteiger partial charge in [0.05, 0.1) is 10.6 Å². The molecule has 1 aromatic heterocycles. The molecule has 1 N–H and O–H groups in total. The predicted octanol–water partition coefficient (Wildman–Crippen LogP) is 2.75. The number of nitrogens with zero attached hydrogens (tertiary/aromatic N) is 2. The first-order chi connectivity index (χ1) is 7.66. The molecule has 0 unspecified atom stereocenters. The highest BCUT2D eigenvalue weighted by atomic mass is 35.5. The number of aryl methyl sites for hydroxylation is 1. The van der Waals surface area contributed by atoms with Gasteiger partial charge in [-0.25, -0.2) is 0 Å². The van der Waals surface area contributed by atoms with Crippen LogP contribution in [-0.2, 0) is 0 Å². The molecule has 0 spiro atoms. The lowest BCUT2D eigenvalue weighted by molar-refractivity contribution is 0.102. The molecule has 6 heteroatoms. The molecular formula is C10H8ClN3OS. The van der Waals surface area contributed by atoms with E-state index in [1.54, 1.807) is 24.3 Å². The Hall–Kier alpha value is -1.46. The Kier molecular flexibility index (Phi) is 3.17. The van der Waals surface area contributed by atoms with E-state index < -0.39 is 0 Å². The quantitative estimate of drug-likeness (QED) is 0.895. The average Bonchev–Trinajstić information content (AvgIpc) is 2.64. The molecule has 2 rings (SSSR count). The number of aromatic nitrogens is 2. The highest BCUT2D eigenvalue weighted by molar-refractivity contribution is 7.15. The third-order valence-electron chi connectivity index (χ3n) is 1.86. The number of halogens is 1. The standard InChI is InChI=1S/C10H8ClN3OS/c1-6-13-14-10(16-6)12-9(15)7-4-2-3-5-8(7)11/h2-5H,1H3,(H,12,14,15). The van der Waals surface area contributed by atoms with Crippen LogP contribution in [0, 0.1) is 6.92 Å². The first kappa shape index (κ1) is 11.0. The van der Waals surface area contributed by atoms with E-state index in [1.807, 2.05) is 6.92 Å². The topological polar surface area (TPSA) is 54.9 Å².